The van der Waals surface area contributed by atoms with Gasteiger partial charge in [0, 0.05) is 30.9 Å². The average Bonchev–Trinajstić information content (AvgIpc) is 2.60. The second kappa shape index (κ2) is 8.36. The van der Waals surface area contributed by atoms with Crippen molar-refractivity contribution in [3.63, 3.8) is 0 Å². The minimum absolute atomic E-state index is 0.374. The standard InChI is InChI=1S/C18H26F3N3S/c1-4-13(2)23(3)16-8-10-24(11-9-16)17(25)22-15-7-5-6-14(12-15)18(19,20)21/h5-7,12-13,16H,4,8-11H2,1-3H3,(H,22,25). The first-order valence-electron chi connectivity index (χ1n) is 8.67. The number of anilines is 1. The molecule has 25 heavy (non-hydrogen) atoms. The molecule has 0 radical (unpaired) electrons. The summed E-state index contributed by atoms with van der Waals surface area (Å²) in [7, 11) is 2.16. The maximum absolute atomic E-state index is 12.8. The summed E-state index contributed by atoms with van der Waals surface area (Å²) in [6, 6.07) is 6.22. The monoisotopic (exact) mass is 373 g/mol. The number of likely N-dealkylation sites (tertiary alicyclic amines) is 1. The van der Waals surface area contributed by atoms with Crippen molar-refractivity contribution in [2.45, 2.75) is 51.4 Å². The van der Waals surface area contributed by atoms with Crippen LogP contribution in [0.2, 0.25) is 0 Å². The van der Waals surface area contributed by atoms with Gasteiger partial charge >= 0.3 is 6.18 Å². The van der Waals surface area contributed by atoms with E-state index in [9.17, 15) is 13.2 Å². The van der Waals surface area contributed by atoms with Gasteiger partial charge in [-0.05, 0) is 63.7 Å². The Morgan fingerprint density at radius 1 is 1.36 bits per heavy atom. The summed E-state index contributed by atoms with van der Waals surface area (Å²) in [5, 5.41) is 3.44. The number of alkyl halides is 3. The second-order valence-corrected chi connectivity index (χ2v) is 7.04. The van der Waals surface area contributed by atoms with Crippen LogP contribution in [0.4, 0.5) is 18.9 Å². The van der Waals surface area contributed by atoms with Gasteiger partial charge in [-0.15, -0.1) is 0 Å². The molecule has 1 unspecified atom stereocenters. The van der Waals surface area contributed by atoms with Crippen LogP contribution in [0.25, 0.3) is 0 Å². The van der Waals surface area contributed by atoms with E-state index >= 15 is 0 Å². The van der Waals surface area contributed by atoms with Crippen LogP contribution >= 0.6 is 12.2 Å². The highest BCUT2D eigenvalue weighted by molar-refractivity contribution is 7.80. The van der Waals surface area contributed by atoms with Crippen LogP contribution in [0, 0.1) is 0 Å². The van der Waals surface area contributed by atoms with Crippen molar-refractivity contribution in [3.05, 3.63) is 29.8 Å². The number of halogens is 3. The average molecular weight is 373 g/mol. The summed E-state index contributed by atoms with van der Waals surface area (Å²) in [6.45, 7) is 6.04. The van der Waals surface area contributed by atoms with Crippen molar-refractivity contribution >= 4 is 23.0 Å². The van der Waals surface area contributed by atoms with Gasteiger partial charge in [0.2, 0.25) is 0 Å². The van der Waals surface area contributed by atoms with Crippen LogP contribution in [0.3, 0.4) is 0 Å². The summed E-state index contributed by atoms with van der Waals surface area (Å²) in [4.78, 5) is 4.46. The Hall–Kier alpha value is -1.34. The third kappa shape index (κ3) is 5.31. The molecule has 1 aliphatic heterocycles. The van der Waals surface area contributed by atoms with Gasteiger partial charge in [-0.2, -0.15) is 13.2 Å². The highest BCUT2D eigenvalue weighted by Crippen LogP contribution is 2.30. The number of rotatable bonds is 4. The van der Waals surface area contributed by atoms with Crippen molar-refractivity contribution in [2.75, 3.05) is 25.5 Å². The van der Waals surface area contributed by atoms with E-state index in [0.29, 0.717) is 22.9 Å². The largest absolute Gasteiger partial charge is 0.416 e. The Balaban J connectivity index is 1.91. The summed E-state index contributed by atoms with van der Waals surface area (Å²) in [5.74, 6) is 0. The van der Waals surface area contributed by atoms with Crippen LogP contribution in [-0.2, 0) is 6.18 Å². The topological polar surface area (TPSA) is 18.5 Å². The molecule has 1 atom stereocenters. The smallest absolute Gasteiger partial charge is 0.349 e. The summed E-state index contributed by atoms with van der Waals surface area (Å²) in [5.41, 5.74) is -0.298. The first-order valence-corrected chi connectivity index (χ1v) is 9.08. The third-order valence-corrected chi connectivity index (χ3v) is 5.42. The Bertz CT molecular complexity index is 583. The van der Waals surface area contributed by atoms with Crippen molar-refractivity contribution in [3.8, 4) is 0 Å². The van der Waals surface area contributed by atoms with Gasteiger partial charge in [0.1, 0.15) is 0 Å². The number of nitrogens with zero attached hydrogens (tertiary/aromatic N) is 2. The van der Waals surface area contributed by atoms with Crippen LogP contribution in [0.15, 0.2) is 24.3 Å². The lowest BCUT2D eigenvalue weighted by atomic mass is 10.0. The molecule has 0 amide bonds. The van der Waals surface area contributed by atoms with E-state index < -0.39 is 11.7 Å². The lowest BCUT2D eigenvalue weighted by Crippen LogP contribution is -2.48. The highest BCUT2D eigenvalue weighted by Gasteiger charge is 2.30. The molecule has 1 aromatic carbocycles. The normalized spacial score (nSPS) is 17.6. The van der Waals surface area contributed by atoms with Crippen LogP contribution in [0.5, 0.6) is 0 Å². The van der Waals surface area contributed by atoms with E-state index in [4.69, 9.17) is 12.2 Å². The molecule has 1 heterocycles. The van der Waals surface area contributed by atoms with Crippen molar-refractivity contribution in [2.24, 2.45) is 0 Å². The van der Waals surface area contributed by atoms with Gasteiger partial charge in [0.05, 0.1) is 5.56 Å². The van der Waals surface area contributed by atoms with Gasteiger partial charge in [-0.1, -0.05) is 13.0 Å². The zero-order valence-corrected chi connectivity index (χ0v) is 15.8. The van der Waals surface area contributed by atoms with E-state index in [1.807, 2.05) is 4.90 Å². The van der Waals surface area contributed by atoms with E-state index in [1.54, 1.807) is 6.07 Å². The third-order valence-electron chi connectivity index (χ3n) is 5.05. The molecule has 0 saturated carbocycles. The molecule has 0 bridgehead atoms. The molecule has 0 aliphatic carbocycles. The van der Waals surface area contributed by atoms with Gasteiger partial charge in [-0.3, -0.25) is 0 Å². The molecule has 140 valence electrons. The van der Waals surface area contributed by atoms with E-state index in [2.05, 4.69) is 31.1 Å². The number of piperidine rings is 1. The van der Waals surface area contributed by atoms with Crippen LogP contribution < -0.4 is 5.32 Å². The minimum Gasteiger partial charge on any atom is -0.349 e. The number of nitrogens with one attached hydrogen (secondary N) is 1. The fourth-order valence-electron chi connectivity index (χ4n) is 3.10. The first kappa shape index (κ1) is 20.0. The quantitative estimate of drug-likeness (QED) is 0.778. The number of hydrogen-bond donors (Lipinski definition) is 1. The van der Waals surface area contributed by atoms with Crippen molar-refractivity contribution in [1.29, 1.82) is 0 Å². The van der Waals surface area contributed by atoms with Crippen molar-refractivity contribution < 1.29 is 13.2 Å². The highest BCUT2D eigenvalue weighted by atomic mass is 32.1. The predicted octanol–water partition coefficient (Wildman–Crippen LogP) is 4.60. The van der Waals surface area contributed by atoms with E-state index in [-0.39, 0.29) is 0 Å². The molecule has 1 aromatic rings. The van der Waals surface area contributed by atoms with Gasteiger partial charge in [0.15, 0.2) is 5.11 Å². The Morgan fingerprint density at radius 3 is 2.56 bits per heavy atom. The number of thiocarbonyl (C=S) groups is 1. The lowest BCUT2D eigenvalue weighted by Gasteiger charge is -2.40. The van der Waals surface area contributed by atoms with Crippen LogP contribution in [0.1, 0.15) is 38.7 Å². The summed E-state index contributed by atoms with van der Waals surface area (Å²) < 4.78 is 38.4. The molecule has 1 saturated heterocycles. The first-order chi connectivity index (χ1) is 11.7. The molecule has 0 aromatic heterocycles. The Labute approximate surface area is 153 Å². The zero-order chi connectivity index (χ0) is 18.6. The maximum atomic E-state index is 12.8. The molecule has 1 N–H and O–H groups in total. The summed E-state index contributed by atoms with van der Waals surface area (Å²) in [6.07, 6.45) is -1.22. The molecule has 1 aliphatic rings. The Kier molecular flexibility index (Phi) is 6.68. The maximum Gasteiger partial charge on any atom is 0.416 e. The molecular weight excluding hydrogens is 347 g/mol. The molecule has 0 spiro atoms. The van der Waals surface area contributed by atoms with Gasteiger partial charge in [-0.25, -0.2) is 0 Å². The number of benzene rings is 1. The molecular formula is C18H26F3N3S. The van der Waals surface area contributed by atoms with E-state index in [0.717, 1.165) is 44.5 Å². The zero-order valence-electron chi connectivity index (χ0n) is 14.9. The van der Waals surface area contributed by atoms with Gasteiger partial charge in [0.25, 0.3) is 0 Å². The SMILES string of the molecule is CCC(C)N(C)C1CCN(C(=S)Nc2cccc(C(F)(F)F)c2)CC1. The second-order valence-electron chi connectivity index (χ2n) is 6.65. The minimum atomic E-state index is -4.35. The van der Waals surface area contributed by atoms with Gasteiger partial charge < -0.3 is 15.1 Å². The summed E-state index contributed by atoms with van der Waals surface area (Å²) >= 11 is 5.39. The predicted molar refractivity (Wildman–Crippen MR) is 99.8 cm³/mol. The Morgan fingerprint density at radius 2 is 2.00 bits per heavy atom. The lowest BCUT2D eigenvalue weighted by molar-refractivity contribution is -0.137. The molecule has 7 heteroatoms. The molecule has 3 nitrogen and oxygen atoms in total. The fraction of sp³-hybridized carbons (Fsp3) is 0.611. The fourth-order valence-corrected chi connectivity index (χ4v) is 3.40. The molecule has 1 fully saturated rings. The van der Waals surface area contributed by atoms with E-state index in [1.165, 1.54) is 6.07 Å². The molecule has 2 rings (SSSR count). The van der Waals surface area contributed by atoms with Crippen LogP contribution in [-0.4, -0.2) is 47.1 Å². The number of hydrogen-bond acceptors (Lipinski definition) is 2. The van der Waals surface area contributed by atoms with Crippen molar-refractivity contribution in [1.82, 2.24) is 9.80 Å².